The van der Waals surface area contributed by atoms with E-state index in [1.54, 1.807) is 135 Å². The van der Waals surface area contributed by atoms with Crippen molar-refractivity contribution in [3.63, 3.8) is 0 Å². The average molecular weight is 1020 g/mol. The molecule has 6 heterocycles. The lowest BCUT2D eigenvalue weighted by molar-refractivity contribution is 0.374. The van der Waals surface area contributed by atoms with Crippen LogP contribution in [0.3, 0.4) is 0 Å². The standard InChI is InChI=1S/C31H20FN3O5S.C26H18FN3O4/c1-18-15-21(17-34-29(18)32)19-11-13-20(14-12-19)26-24(16-33)30(35-41(37,38)22-7-3-2-4-8-22)40-28-23-9-5-6-10-25(23)39-31(36)27(26)28;1-13-9-15(12-30-24(13)27)17-10-14(7-8-19(17)32-2)21-18(11-28)25(29)34-23-16-5-3-4-6-20(16)33-26(31)22(21)23/h2-15,17,26,35H,1H3;3-10,12,21H,29H2,1-2H3. The number of nitriles is 2. The number of nitrogens with one attached hydrogen (secondary N) is 1. The van der Waals surface area contributed by atoms with Gasteiger partial charge in [-0.1, -0.05) is 72.8 Å². The summed E-state index contributed by atoms with van der Waals surface area (Å²) in [5, 5.41) is 21.2. The fourth-order valence-corrected chi connectivity index (χ4v) is 10.1. The van der Waals surface area contributed by atoms with Crippen LogP contribution in [0.1, 0.15) is 45.2 Å². The lowest BCUT2D eigenvalue weighted by atomic mass is 9.82. The van der Waals surface area contributed by atoms with Crippen LogP contribution in [0, 0.1) is 48.4 Å². The highest BCUT2D eigenvalue weighted by molar-refractivity contribution is 7.89. The number of methoxy groups -OCH3 is 1. The third-order valence-electron chi connectivity index (χ3n) is 12.7. The molecular weight excluding hydrogens is 983 g/mol. The fraction of sp³-hybridized carbons (Fsp3) is 0.0877. The zero-order valence-electron chi connectivity index (χ0n) is 39.7. The van der Waals surface area contributed by atoms with Gasteiger partial charge in [-0.3, -0.25) is 0 Å². The van der Waals surface area contributed by atoms with Gasteiger partial charge in [0.1, 0.15) is 40.2 Å². The summed E-state index contributed by atoms with van der Waals surface area (Å²) in [6, 6.07) is 40.9. The summed E-state index contributed by atoms with van der Waals surface area (Å²) < 4.78 is 84.8. The van der Waals surface area contributed by atoms with Crippen molar-refractivity contribution in [3.8, 4) is 51.6 Å². The van der Waals surface area contributed by atoms with E-state index in [9.17, 15) is 37.3 Å². The van der Waals surface area contributed by atoms with Crippen LogP contribution in [0.15, 0.2) is 192 Å². The molecule has 0 saturated carbocycles. The molecule has 11 rings (SSSR count). The minimum Gasteiger partial charge on any atom is -0.496 e. The molecular formula is C57H38F2N6O9S. The number of para-hydroxylation sites is 2. The first-order chi connectivity index (χ1) is 36.2. The molecule has 75 heavy (non-hydrogen) atoms. The number of rotatable bonds is 8. The van der Waals surface area contributed by atoms with Crippen molar-refractivity contribution in [1.29, 1.82) is 10.5 Å². The van der Waals surface area contributed by atoms with Gasteiger partial charge in [-0.15, -0.1) is 0 Å². The first-order valence-corrected chi connectivity index (χ1v) is 24.3. The number of nitrogens with two attached hydrogens (primary N) is 1. The molecule has 5 aromatic carbocycles. The summed E-state index contributed by atoms with van der Waals surface area (Å²) in [7, 11) is -2.63. The summed E-state index contributed by atoms with van der Waals surface area (Å²) in [6.07, 6.45) is 2.82. The predicted octanol–water partition coefficient (Wildman–Crippen LogP) is 10.1. The zero-order chi connectivity index (χ0) is 52.7. The van der Waals surface area contributed by atoms with Crippen LogP contribution in [0.25, 0.3) is 44.2 Å². The van der Waals surface area contributed by atoms with E-state index >= 15 is 0 Å². The Morgan fingerprint density at radius 1 is 0.640 bits per heavy atom. The number of benzene rings is 5. The van der Waals surface area contributed by atoms with Crippen LogP contribution in [-0.2, 0) is 10.0 Å². The Morgan fingerprint density at radius 3 is 1.73 bits per heavy atom. The lowest BCUT2D eigenvalue weighted by Crippen LogP contribution is -2.33. The maximum absolute atomic E-state index is 13.8. The SMILES string of the molecule is COc1ccc(C2C(C#N)=C(N)Oc3c2c(=O)oc2ccccc32)cc1-c1cnc(F)c(C)c1.Cc1cc(-c2ccc(C3C(C#N)=C(NS(=O)(=O)c4ccccc4)Oc4c3c(=O)oc3ccccc43)cc2)cnc1F. The molecule has 0 bridgehead atoms. The molecule has 0 saturated heterocycles. The van der Waals surface area contributed by atoms with Crippen LogP contribution >= 0.6 is 0 Å². The van der Waals surface area contributed by atoms with Gasteiger partial charge in [-0.2, -0.15) is 19.3 Å². The summed E-state index contributed by atoms with van der Waals surface area (Å²) in [5.41, 5.74) is 10.1. The number of nitrogens with zero attached hydrogens (tertiary/aromatic N) is 4. The number of aromatic nitrogens is 2. The molecule has 0 fully saturated rings. The molecule has 0 aliphatic carbocycles. The summed E-state index contributed by atoms with van der Waals surface area (Å²) in [6.45, 7) is 3.23. The van der Waals surface area contributed by atoms with Crippen LogP contribution < -0.4 is 35.9 Å². The van der Waals surface area contributed by atoms with E-state index in [0.717, 1.165) is 5.56 Å². The smallest absolute Gasteiger partial charge is 0.344 e. The number of sulfonamides is 1. The van der Waals surface area contributed by atoms with Gasteiger partial charge in [0.2, 0.25) is 23.7 Å². The van der Waals surface area contributed by atoms with Gasteiger partial charge in [0.05, 0.1) is 45.7 Å². The largest absolute Gasteiger partial charge is 0.496 e. The number of ether oxygens (including phenoxy) is 3. The first-order valence-electron chi connectivity index (χ1n) is 22.8. The van der Waals surface area contributed by atoms with Gasteiger partial charge in [0.15, 0.2) is 11.5 Å². The lowest BCUT2D eigenvalue weighted by Gasteiger charge is -2.28. The van der Waals surface area contributed by atoms with Gasteiger partial charge >= 0.3 is 11.3 Å². The molecule has 4 aromatic heterocycles. The third-order valence-corrected chi connectivity index (χ3v) is 14.0. The Hall–Kier alpha value is -9.91. The van der Waals surface area contributed by atoms with Crippen molar-refractivity contribution in [2.75, 3.05) is 7.11 Å². The first kappa shape index (κ1) is 48.7. The van der Waals surface area contributed by atoms with Crippen molar-refractivity contribution in [2.45, 2.75) is 30.6 Å². The van der Waals surface area contributed by atoms with Crippen LogP contribution in [0.5, 0.6) is 17.2 Å². The van der Waals surface area contributed by atoms with Crippen molar-refractivity contribution in [1.82, 2.24) is 14.7 Å². The molecule has 2 atom stereocenters. The van der Waals surface area contributed by atoms with Crippen LogP contribution in [0.4, 0.5) is 8.78 Å². The highest BCUT2D eigenvalue weighted by atomic mass is 32.2. The maximum Gasteiger partial charge on any atom is 0.344 e. The van der Waals surface area contributed by atoms with E-state index in [1.165, 1.54) is 31.6 Å². The predicted molar refractivity (Wildman–Crippen MR) is 271 cm³/mol. The van der Waals surface area contributed by atoms with Gasteiger partial charge < -0.3 is 28.8 Å². The van der Waals surface area contributed by atoms with Crippen LogP contribution in [-0.4, -0.2) is 25.5 Å². The molecule has 2 aliphatic rings. The summed E-state index contributed by atoms with van der Waals surface area (Å²) >= 11 is 0. The van der Waals surface area contributed by atoms with E-state index in [0.29, 0.717) is 61.0 Å². The number of allylic oxidation sites excluding steroid dienone is 2. The average Bonchev–Trinajstić information content (AvgIpc) is 3.42. The van der Waals surface area contributed by atoms with Gasteiger partial charge in [0.25, 0.3) is 10.0 Å². The number of aryl methyl sites for hydroxylation is 2. The molecule has 15 nitrogen and oxygen atoms in total. The minimum absolute atomic E-state index is 0.0271. The highest BCUT2D eigenvalue weighted by Crippen LogP contribution is 2.47. The topological polar surface area (TPSA) is 234 Å². The van der Waals surface area contributed by atoms with Gasteiger partial charge in [-0.25, -0.2) is 32.7 Å². The summed E-state index contributed by atoms with van der Waals surface area (Å²) in [5.74, 6) is -2.51. The Bertz CT molecular complexity index is 4200. The second kappa shape index (κ2) is 19.6. The van der Waals surface area contributed by atoms with E-state index in [-0.39, 0.29) is 56.0 Å². The fourth-order valence-electron chi connectivity index (χ4n) is 9.05. The van der Waals surface area contributed by atoms with Crippen molar-refractivity contribution >= 4 is 32.0 Å². The zero-order valence-corrected chi connectivity index (χ0v) is 40.5. The molecule has 2 unspecified atom stereocenters. The molecule has 2 aliphatic heterocycles. The van der Waals surface area contributed by atoms with Crippen molar-refractivity contribution < 1.29 is 40.2 Å². The van der Waals surface area contributed by atoms with E-state index < -0.39 is 45.0 Å². The minimum atomic E-state index is -4.15. The van der Waals surface area contributed by atoms with Gasteiger partial charge in [-0.05, 0) is 91.2 Å². The van der Waals surface area contributed by atoms with Crippen LogP contribution in [0.2, 0.25) is 0 Å². The maximum atomic E-state index is 13.8. The molecule has 370 valence electrons. The second-order valence-electron chi connectivity index (χ2n) is 17.2. The Labute approximate surface area is 425 Å². The number of pyridine rings is 2. The normalized spacial score (nSPS) is 14.8. The molecule has 18 heteroatoms. The van der Waals surface area contributed by atoms with Crippen molar-refractivity contribution in [3.05, 3.63) is 235 Å². The monoisotopic (exact) mass is 1020 g/mol. The highest BCUT2D eigenvalue weighted by Gasteiger charge is 2.39. The number of hydrogen-bond acceptors (Lipinski definition) is 14. The quantitative estimate of drug-likeness (QED) is 0.106. The molecule has 0 radical (unpaired) electrons. The van der Waals surface area contributed by atoms with E-state index in [1.807, 2.05) is 6.07 Å². The third kappa shape index (κ3) is 8.96. The number of halogens is 2. The summed E-state index contributed by atoms with van der Waals surface area (Å²) in [4.78, 5) is 34.0. The molecule has 0 amide bonds. The van der Waals surface area contributed by atoms with Gasteiger partial charge in [0, 0.05) is 40.2 Å². The second-order valence-corrected chi connectivity index (χ2v) is 18.9. The number of fused-ring (bicyclic) bond motifs is 6. The van der Waals surface area contributed by atoms with E-state index in [4.69, 9.17) is 28.8 Å². The van der Waals surface area contributed by atoms with Crippen molar-refractivity contribution in [2.24, 2.45) is 5.73 Å². The Morgan fingerprint density at radius 2 is 1.16 bits per heavy atom. The Balaban J connectivity index is 0.000000174. The molecule has 9 aromatic rings. The number of hydrogen-bond donors (Lipinski definition) is 2. The molecule has 3 N–H and O–H groups in total. The van der Waals surface area contributed by atoms with E-state index in [2.05, 4.69) is 20.8 Å². The molecule has 0 spiro atoms. The Kier molecular flexibility index (Phi) is 12.7.